The molecule has 6 nitrogen and oxygen atoms in total. The van der Waals surface area contributed by atoms with Gasteiger partial charge >= 0.3 is 7.48 Å². The van der Waals surface area contributed by atoms with E-state index in [2.05, 4.69) is 9.97 Å². The summed E-state index contributed by atoms with van der Waals surface area (Å²) in [5.74, 6) is 0. The van der Waals surface area contributed by atoms with Crippen LogP contribution in [-0.4, -0.2) is 40.0 Å². The standard InChI is InChI=1S/C16H23BN4O2/c1-15(2,22)16(3,4)23-17-12-5-10-6-13(11(7-18)8-19)21-14(10)20-9-12/h5-9,17-18,22H,19H2,1-4H3,(H,20,21)/b11-8+,18-7?. The van der Waals surface area contributed by atoms with Crippen LogP contribution in [0.4, 0.5) is 0 Å². The smallest absolute Gasteiger partial charge is 0.311 e. The van der Waals surface area contributed by atoms with Gasteiger partial charge in [-0.2, -0.15) is 0 Å². The summed E-state index contributed by atoms with van der Waals surface area (Å²) in [7, 11) is 0.352. The van der Waals surface area contributed by atoms with Crippen LogP contribution in [0.1, 0.15) is 33.4 Å². The molecule has 0 aliphatic carbocycles. The normalized spacial score (nSPS) is 13.3. The molecule has 0 aromatic carbocycles. The molecule has 0 aliphatic rings. The largest absolute Gasteiger partial charge is 0.427 e. The third-order valence-electron chi connectivity index (χ3n) is 4.25. The molecule has 2 rings (SSSR count). The van der Waals surface area contributed by atoms with Crippen molar-refractivity contribution in [2.75, 3.05) is 0 Å². The highest BCUT2D eigenvalue weighted by Crippen LogP contribution is 2.24. The maximum Gasteiger partial charge on any atom is 0.311 e. The van der Waals surface area contributed by atoms with Crippen molar-refractivity contribution >= 4 is 35.8 Å². The Labute approximate surface area is 136 Å². The summed E-state index contributed by atoms with van der Waals surface area (Å²) in [6.45, 7) is 7.17. The van der Waals surface area contributed by atoms with Crippen LogP contribution in [0.25, 0.3) is 16.6 Å². The second-order valence-electron chi connectivity index (χ2n) is 6.59. The highest BCUT2D eigenvalue weighted by atomic mass is 16.5. The van der Waals surface area contributed by atoms with E-state index < -0.39 is 11.2 Å². The van der Waals surface area contributed by atoms with Crippen LogP contribution in [0, 0.1) is 5.41 Å². The topological polar surface area (TPSA) is 108 Å². The Kier molecular flexibility index (Phi) is 4.63. The number of nitrogens with one attached hydrogen (secondary N) is 2. The van der Waals surface area contributed by atoms with Gasteiger partial charge in [0.1, 0.15) is 5.65 Å². The van der Waals surface area contributed by atoms with Gasteiger partial charge in [-0.05, 0) is 39.2 Å². The molecule has 122 valence electrons. The third kappa shape index (κ3) is 3.63. The second-order valence-corrected chi connectivity index (χ2v) is 6.59. The fourth-order valence-electron chi connectivity index (χ4n) is 1.95. The van der Waals surface area contributed by atoms with E-state index in [0.29, 0.717) is 13.1 Å². The first-order chi connectivity index (χ1) is 10.7. The molecule has 0 amide bonds. The first-order valence-electron chi connectivity index (χ1n) is 7.44. The summed E-state index contributed by atoms with van der Waals surface area (Å²) >= 11 is 0. The predicted octanol–water partition coefficient (Wildman–Crippen LogP) is 1.05. The molecule has 0 saturated heterocycles. The van der Waals surface area contributed by atoms with E-state index in [1.54, 1.807) is 20.0 Å². The van der Waals surface area contributed by atoms with Crippen LogP contribution >= 0.6 is 0 Å². The van der Waals surface area contributed by atoms with E-state index >= 15 is 0 Å². The zero-order valence-corrected chi connectivity index (χ0v) is 14.0. The number of rotatable bonds is 6. The molecular formula is C16H23BN4O2. The highest BCUT2D eigenvalue weighted by molar-refractivity contribution is 6.47. The molecule has 0 aliphatic heterocycles. The fraction of sp³-hybridized carbons (Fsp3) is 0.375. The zero-order chi connectivity index (χ0) is 17.3. The van der Waals surface area contributed by atoms with E-state index in [-0.39, 0.29) is 0 Å². The van der Waals surface area contributed by atoms with Crippen LogP contribution < -0.4 is 11.2 Å². The molecule has 0 spiro atoms. The van der Waals surface area contributed by atoms with Crippen molar-refractivity contribution in [1.82, 2.24) is 9.97 Å². The zero-order valence-electron chi connectivity index (χ0n) is 14.0. The third-order valence-corrected chi connectivity index (χ3v) is 4.25. The van der Waals surface area contributed by atoms with Crippen molar-refractivity contribution in [3.63, 3.8) is 0 Å². The van der Waals surface area contributed by atoms with Gasteiger partial charge in [-0.3, -0.25) is 0 Å². The molecule has 7 heteroatoms. The van der Waals surface area contributed by atoms with Gasteiger partial charge in [0.25, 0.3) is 0 Å². The Bertz CT molecular complexity index is 744. The molecule has 0 atom stereocenters. The van der Waals surface area contributed by atoms with E-state index in [0.717, 1.165) is 22.2 Å². The molecule has 23 heavy (non-hydrogen) atoms. The minimum absolute atomic E-state index is 0.352. The molecule has 0 fully saturated rings. The number of fused-ring (bicyclic) bond motifs is 1. The first-order valence-corrected chi connectivity index (χ1v) is 7.44. The lowest BCUT2D eigenvalue weighted by Gasteiger charge is -2.37. The number of hydrogen-bond acceptors (Lipinski definition) is 5. The molecule has 0 saturated carbocycles. The van der Waals surface area contributed by atoms with E-state index in [1.165, 1.54) is 12.4 Å². The van der Waals surface area contributed by atoms with Gasteiger partial charge < -0.3 is 25.9 Å². The number of aromatic amines is 1. The first kappa shape index (κ1) is 17.2. The molecule has 2 heterocycles. The lowest BCUT2D eigenvalue weighted by Crippen LogP contribution is -2.49. The van der Waals surface area contributed by atoms with Crippen LogP contribution in [0.15, 0.2) is 24.5 Å². The lowest BCUT2D eigenvalue weighted by atomic mass is 9.83. The summed E-state index contributed by atoms with van der Waals surface area (Å²) in [6.07, 6.45) is 4.31. The Morgan fingerprint density at radius 1 is 1.39 bits per heavy atom. The van der Waals surface area contributed by atoms with Gasteiger partial charge in [0, 0.05) is 29.6 Å². The molecule has 0 radical (unpaired) electrons. The van der Waals surface area contributed by atoms with Crippen LogP contribution in [0.2, 0.25) is 0 Å². The van der Waals surface area contributed by atoms with Gasteiger partial charge in [-0.15, -0.1) is 0 Å². The average molecular weight is 314 g/mol. The quantitative estimate of drug-likeness (QED) is 0.472. The highest BCUT2D eigenvalue weighted by Gasteiger charge is 2.35. The van der Waals surface area contributed by atoms with Crippen LogP contribution in [-0.2, 0) is 4.65 Å². The van der Waals surface area contributed by atoms with Crippen molar-refractivity contribution in [1.29, 1.82) is 5.41 Å². The maximum absolute atomic E-state index is 10.1. The fourth-order valence-corrected chi connectivity index (χ4v) is 1.95. The van der Waals surface area contributed by atoms with Crippen molar-refractivity contribution < 1.29 is 9.76 Å². The van der Waals surface area contributed by atoms with Gasteiger partial charge in [0.05, 0.1) is 16.9 Å². The van der Waals surface area contributed by atoms with E-state index in [1.807, 2.05) is 26.0 Å². The number of nitrogens with two attached hydrogens (primary N) is 1. The Hall–Kier alpha value is -2.12. The summed E-state index contributed by atoms with van der Waals surface area (Å²) < 4.78 is 5.86. The second kappa shape index (κ2) is 6.18. The molecule has 0 bridgehead atoms. The number of aromatic nitrogens is 2. The number of hydrogen-bond donors (Lipinski definition) is 4. The number of allylic oxidation sites excluding steroid dienone is 1. The number of pyridine rings is 1. The van der Waals surface area contributed by atoms with Gasteiger partial charge in [-0.25, -0.2) is 4.98 Å². The van der Waals surface area contributed by atoms with E-state index in [9.17, 15) is 5.11 Å². The number of aliphatic hydroxyl groups is 1. The minimum atomic E-state index is -0.948. The Morgan fingerprint density at radius 2 is 2.09 bits per heavy atom. The van der Waals surface area contributed by atoms with Crippen molar-refractivity contribution in [3.8, 4) is 0 Å². The minimum Gasteiger partial charge on any atom is -0.427 e. The molecule has 5 N–H and O–H groups in total. The predicted molar refractivity (Wildman–Crippen MR) is 95.3 cm³/mol. The molecule has 2 aromatic rings. The van der Waals surface area contributed by atoms with E-state index in [4.69, 9.17) is 15.8 Å². The van der Waals surface area contributed by atoms with Crippen molar-refractivity contribution in [2.45, 2.75) is 38.9 Å². The lowest BCUT2D eigenvalue weighted by molar-refractivity contribution is -0.0893. The Morgan fingerprint density at radius 3 is 2.65 bits per heavy atom. The van der Waals surface area contributed by atoms with Crippen molar-refractivity contribution in [2.24, 2.45) is 5.73 Å². The number of H-pyrrole nitrogens is 1. The summed E-state index contributed by atoms with van der Waals surface area (Å²) in [6, 6.07) is 3.87. The summed E-state index contributed by atoms with van der Waals surface area (Å²) in [5, 5.41) is 18.4. The van der Waals surface area contributed by atoms with Crippen LogP contribution in [0.5, 0.6) is 0 Å². The van der Waals surface area contributed by atoms with Gasteiger partial charge in [0.2, 0.25) is 0 Å². The Balaban J connectivity index is 2.22. The average Bonchev–Trinajstić information content (AvgIpc) is 2.88. The SMILES string of the molecule is CC(C)(O)C(C)(C)OBc1cnc2[nH]c(/C(C=N)=C/N)cc2c1. The van der Waals surface area contributed by atoms with Gasteiger partial charge in [-0.1, -0.05) is 6.07 Å². The number of nitrogens with zero attached hydrogens (tertiary/aromatic N) is 1. The molecule has 0 unspecified atom stereocenters. The molecular weight excluding hydrogens is 291 g/mol. The summed E-state index contributed by atoms with van der Waals surface area (Å²) in [5.41, 5.74) is 6.87. The van der Waals surface area contributed by atoms with Crippen molar-refractivity contribution in [3.05, 3.63) is 30.2 Å². The van der Waals surface area contributed by atoms with Gasteiger partial charge in [0.15, 0.2) is 0 Å². The monoisotopic (exact) mass is 314 g/mol. The maximum atomic E-state index is 10.1. The van der Waals surface area contributed by atoms with Crippen LogP contribution in [0.3, 0.4) is 0 Å². The molecule has 2 aromatic heterocycles. The summed E-state index contributed by atoms with van der Waals surface area (Å²) in [4.78, 5) is 7.50.